The molecule has 1 aliphatic carbocycles. The molecule has 2 atom stereocenters. The molecule has 1 aliphatic rings. The zero-order chi connectivity index (χ0) is 17.0. The van der Waals surface area contributed by atoms with Crippen LogP contribution in [0.2, 0.25) is 0 Å². The van der Waals surface area contributed by atoms with Gasteiger partial charge in [0.1, 0.15) is 0 Å². The molecule has 9 heteroatoms. The molecular weight excluding hydrogens is 340 g/mol. The van der Waals surface area contributed by atoms with Gasteiger partial charge < -0.3 is 0 Å². The first-order valence-electron chi connectivity index (χ1n) is 7.57. The van der Waals surface area contributed by atoms with E-state index >= 15 is 0 Å². The van der Waals surface area contributed by atoms with Crippen LogP contribution in [-0.4, -0.2) is 35.0 Å². The number of rotatable bonds is 3. The number of hydrogen-bond donors (Lipinski definition) is 2. The number of sulfonamides is 1. The van der Waals surface area contributed by atoms with Crippen molar-refractivity contribution in [3.8, 4) is 0 Å². The Morgan fingerprint density at radius 3 is 2.43 bits per heavy atom. The van der Waals surface area contributed by atoms with Crippen molar-refractivity contribution in [3.05, 3.63) is 17.5 Å². The third kappa shape index (κ3) is 5.04. The standard InChI is InChI=1S/C14H21ClN4O3S/c1-9-8-10(2)17-13(16-9)18-14(20)19-23(21,22)12-7-5-3-4-6-11(12)15/h8,11-12H,3-7H2,1-2H3,(H2,16,17,18,19,20). The number of amides is 2. The fourth-order valence-electron chi connectivity index (χ4n) is 2.69. The van der Waals surface area contributed by atoms with Gasteiger partial charge in [0.05, 0.1) is 10.6 Å². The lowest BCUT2D eigenvalue weighted by Crippen LogP contribution is -2.44. The quantitative estimate of drug-likeness (QED) is 0.637. The number of aromatic nitrogens is 2. The van der Waals surface area contributed by atoms with Gasteiger partial charge in [-0.05, 0) is 32.8 Å². The van der Waals surface area contributed by atoms with Crippen molar-refractivity contribution in [2.24, 2.45) is 0 Å². The monoisotopic (exact) mass is 360 g/mol. The second kappa shape index (κ2) is 7.44. The zero-order valence-electron chi connectivity index (χ0n) is 13.2. The molecule has 0 radical (unpaired) electrons. The first-order chi connectivity index (χ1) is 10.8. The van der Waals surface area contributed by atoms with Crippen molar-refractivity contribution in [2.45, 2.75) is 56.6 Å². The average Bonchev–Trinajstić information content (AvgIpc) is 2.61. The van der Waals surface area contributed by atoms with Gasteiger partial charge in [-0.15, -0.1) is 11.6 Å². The van der Waals surface area contributed by atoms with Crippen LogP contribution in [0.25, 0.3) is 0 Å². The highest BCUT2D eigenvalue weighted by Gasteiger charge is 2.34. The molecule has 0 saturated heterocycles. The van der Waals surface area contributed by atoms with Crippen LogP contribution in [0.15, 0.2) is 6.07 Å². The lowest BCUT2D eigenvalue weighted by atomic mass is 10.2. The van der Waals surface area contributed by atoms with E-state index in [2.05, 4.69) is 15.3 Å². The molecule has 0 aliphatic heterocycles. The Bertz CT molecular complexity index is 660. The average molecular weight is 361 g/mol. The number of halogens is 1. The van der Waals surface area contributed by atoms with Gasteiger partial charge in [0.15, 0.2) is 0 Å². The molecule has 1 saturated carbocycles. The summed E-state index contributed by atoms with van der Waals surface area (Å²) in [5.74, 6) is 0.0680. The van der Waals surface area contributed by atoms with Crippen LogP contribution in [0.1, 0.15) is 43.5 Å². The maximum absolute atomic E-state index is 12.4. The maximum atomic E-state index is 12.4. The smallest absolute Gasteiger partial charge is 0.275 e. The Morgan fingerprint density at radius 2 is 1.78 bits per heavy atom. The molecule has 2 unspecified atom stereocenters. The summed E-state index contributed by atoms with van der Waals surface area (Å²) in [6, 6.07) is 0.881. The molecule has 1 aromatic heterocycles. The van der Waals surface area contributed by atoms with Crippen LogP contribution in [-0.2, 0) is 10.0 Å². The molecule has 23 heavy (non-hydrogen) atoms. The molecule has 1 heterocycles. The molecule has 0 spiro atoms. The normalized spacial score (nSPS) is 22.2. The van der Waals surface area contributed by atoms with E-state index in [4.69, 9.17) is 11.6 Å². The highest BCUT2D eigenvalue weighted by atomic mass is 35.5. The molecule has 1 fully saturated rings. The van der Waals surface area contributed by atoms with Crippen molar-refractivity contribution >= 4 is 33.6 Å². The van der Waals surface area contributed by atoms with Gasteiger partial charge in [0.2, 0.25) is 16.0 Å². The first-order valence-corrected chi connectivity index (χ1v) is 9.55. The molecule has 7 nitrogen and oxygen atoms in total. The van der Waals surface area contributed by atoms with E-state index in [1.54, 1.807) is 19.9 Å². The molecule has 2 amide bonds. The van der Waals surface area contributed by atoms with E-state index in [9.17, 15) is 13.2 Å². The lowest BCUT2D eigenvalue weighted by Gasteiger charge is -2.20. The second-order valence-corrected chi connectivity index (χ2v) is 8.23. The fourth-order valence-corrected chi connectivity index (χ4v) is 4.84. The predicted molar refractivity (Wildman–Crippen MR) is 89.1 cm³/mol. The minimum atomic E-state index is -3.84. The zero-order valence-corrected chi connectivity index (χ0v) is 14.7. The molecule has 2 rings (SSSR count). The minimum Gasteiger partial charge on any atom is -0.275 e. The van der Waals surface area contributed by atoms with Crippen LogP contribution < -0.4 is 10.0 Å². The van der Waals surface area contributed by atoms with Gasteiger partial charge in [-0.3, -0.25) is 5.32 Å². The molecule has 0 bridgehead atoms. The van der Waals surface area contributed by atoms with Crippen LogP contribution in [0.5, 0.6) is 0 Å². The Labute approximate surface area is 141 Å². The van der Waals surface area contributed by atoms with Gasteiger partial charge in [0.25, 0.3) is 0 Å². The third-order valence-electron chi connectivity index (χ3n) is 3.71. The summed E-state index contributed by atoms with van der Waals surface area (Å²) in [4.78, 5) is 20.0. The minimum absolute atomic E-state index is 0.0680. The summed E-state index contributed by atoms with van der Waals surface area (Å²) in [6.45, 7) is 3.52. The molecule has 0 aromatic carbocycles. The summed E-state index contributed by atoms with van der Waals surface area (Å²) < 4.78 is 26.8. The number of carbonyl (C=O) groups excluding carboxylic acids is 1. The number of carbonyl (C=O) groups is 1. The largest absolute Gasteiger partial charge is 0.335 e. The summed E-state index contributed by atoms with van der Waals surface area (Å²) in [5.41, 5.74) is 1.36. The highest BCUT2D eigenvalue weighted by Crippen LogP contribution is 2.27. The van der Waals surface area contributed by atoms with E-state index in [0.717, 1.165) is 19.3 Å². The molecule has 1 aromatic rings. The SMILES string of the molecule is Cc1cc(C)nc(NC(=O)NS(=O)(=O)C2CCCCCC2Cl)n1. The van der Waals surface area contributed by atoms with Gasteiger partial charge in [-0.1, -0.05) is 19.3 Å². The number of aryl methyl sites for hydroxylation is 2. The van der Waals surface area contributed by atoms with Crippen LogP contribution in [0.3, 0.4) is 0 Å². The Morgan fingerprint density at radius 1 is 1.17 bits per heavy atom. The maximum Gasteiger partial charge on any atom is 0.335 e. The summed E-state index contributed by atoms with van der Waals surface area (Å²) in [7, 11) is -3.84. The number of nitrogens with one attached hydrogen (secondary N) is 2. The van der Waals surface area contributed by atoms with E-state index < -0.39 is 26.7 Å². The van der Waals surface area contributed by atoms with Crippen molar-refractivity contribution in [3.63, 3.8) is 0 Å². The van der Waals surface area contributed by atoms with Crippen LogP contribution in [0, 0.1) is 13.8 Å². The Kier molecular flexibility index (Phi) is 5.80. The number of nitrogens with zero attached hydrogens (tertiary/aromatic N) is 2. The predicted octanol–water partition coefficient (Wildman–Crippen LogP) is 2.48. The molecular formula is C14H21ClN4O3S. The van der Waals surface area contributed by atoms with Crippen molar-refractivity contribution in [1.29, 1.82) is 0 Å². The summed E-state index contributed by atoms with van der Waals surface area (Å²) in [6.07, 6.45) is 3.74. The number of hydrogen-bond acceptors (Lipinski definition) is 5. The lowest BCUT2D eigenvalue weighted by molar-refractivity contribution is 0.256. The van der Waals surface area contributed by atoms with E-state index in [1.807, 2.05) is 4.72 Å². The first kappa shape index (κ1) is 17.9. The van der Waals surface area contributed by atoms with Crippen LogP contribution in [0.4, 0.5) is 10.7 Å². The van der Waals surface area contributed by atoms with Crippen molar-refractivity contribution in [2.75, 3.05) is 5.32 Å². The van der Waals surface area contributed by atoms with Crippen molar-refractivity contribution in [1.82, 2.24) is 14.7 Å². The number of urea groups is 1. The molecule has 128 valence electrons. The van der Waals surface area contributed by atoms with E-state index in [1.165, 1.54) is 0 Å². The molecule has 2 N–H and O–H groups in total. The summed E-state index contributed by atoms with van der Waals surface area (Å²) in [5, 5.41) is 1.10. The topological polar surface area (TPSA) is 101 Å². The van der Waals surface area contributed by atoms with Crippen molar-refractivity contribution < 1.29 is 13.2 Å². The number of anilines is 1. The van der Waals surface area contributed by atoms with Crippen LogP contribution >= 0.6 is 11.6 Å². The highest BCUT2D eigenvalue weighted by molar-refractivity contribution is 7.90. The van der Waals surface area contributed by atoms with Gasteiger partial charge >= 0.3 is 6.03 Å². The van der Waals surface area contributed by atoms with Gasteiger partial charge in [-0.25, -0.2) is 27.9 Å². The fraction of sp³-hybridized carbons (Fsp3) is 0.643. The third-order valence-corrected chi connectivity index (χ3v) is 6.22. The Balaban J connectivity index is 2.05. The van der Waals surface area contributed by atoms with Gasteiger partial charge in [0, 0.05) is 11.4 Å². The van der Waals surface area contributed by atoms with Gasteiger partial charge in [-0.2, -0.15) is 0 Å². The van der Waals surface area contributed by atoms with E-state index in [-0.39, 0.29) is 5.95 Å². The van der Waals surface area contributed by atoms with E-state index in [0.29, 0.717) is 24.2 Å². The summed E-state index contributed by atoms with van der Waals surface area (Å²) >= 11 is 6.18. The second-order valence-electron chi connectivity index (χ2n) is 5.77. The number of alkyl halides is 1. The Hall–Kier alpha value is -1.41.